The zero-order chi connectivity index (χ0) is 66.3. The van der Waals surface area contributed by atoms with Gasteiger partial charge in [0.25, 0.3) is 0 Å². The molecule has 0 spiro atoms. The molecule has 0 aliphatic heterocycles. The molecular formula is C71H138O17P2. The van der Waals surface area contributed by atoms with Gasteiger partial charge in [0, 0.05) is 25.7 Å². The van der Waals surface area contributed by atoms with Gasteiger partial charge >= 0.3 is 39.5 Å². The van der Waals surface area contributed by atoms with Crippen molar-refractivity contribution in [1.29, 1.82) is 0 Å². The molecule has 17 nitrogen and oxygen atoms in total. The van der Waals surface area contributed by atoms with Crippen molar-refractivity contribution in [3.63, 3.8) is 0 Å². The Hall–Kier alpha value is -1.94. The average molecular weight is 1330 g/mol. The molecule has 0 heterocycles. The standard InChI is InChI=1S/C71H138O17P2/c1-6-9-12-15-18-21-22-23-24-25-26-27-28-29-30-31-32-33-36-42-47-52-57-71(76)88-67(61-82-69(74)55-50-45-41-37-34-35-38-43-48-53-64(4)5)63-86-90(79,80)84-59-65(72)58-83-89(77,78)85-62-66(87-70(75)56-51-46-40-20-17-14-11-8-3)60-81-68(73)54-49-44-39-19-16-13-10-7-2/h64-67,72H,6-63H2,1-5H3,(H,77,78)(H,79,80)/t65-,66+,67+/m0/s1. The Morgan fingerprint density at radius 2 is 0.511 bits per heavy atom. The van der Waals surface area contributed by atoms with Crippen LogP contribution < -0.4 is 0 Å². The van der Waals surface area contributed by atoms with Gasteiger partial charge in [-0.3, -0.25) is 37.3 Å². The molecule has 0 radical (unpaired) electrons. The lowest BCUT2D eigenvalue weighted by molar-refractivity contribution is -0.161. The molecular weight excluding hydrogens is 1190 g/mol. The number of hydrogen-bond donors (Lipinski definition) is 3. The van der Waals surface area contributed by atoms with E-state index in [4.69, 9.17) is 37.0 Å². The van der Waals surface area contributed by atoms with Crippen LogP contribution in [0.15, 0.2) is 0 Å². The summed E-state index contributed by atoms with van der Waals surface area (Å²) in [5.74, 6) is -1.39. The highest BCUT2D eigenvalue weighted by Crippen LogP contribution is 2.45. The van der Waals surface area contributed by atoms with Crippen molar-refractivity contribution in [2.24, 2.45) is 5.92 Å². The highest BCUT2D eigenvalue weighted by atomic mass is 31.2. The average Bonchev–Trinajstić information content (AvgIpc) is 3.72. The van der Waals surface area contributed by atoms with Crippen LogP contribution in [-0.4, -0.2) is 96.7 Å². The number of esters is 4. The fourth-order valence-corrected chi connectivity index (χ4v) is 12.4. The van der Waals surface area contributed by atoms with Crippen molar-refractivity contribution in [3.8, 4) is 0 Å². The van der Waals surface area contributed by atoms with Crippen LogP contribution >= 0.6 is 15.6 Å². The van der Waals surface area contributed by atoms with Crippen LogP contribution in [0.4, 0.5) is 0 Å². The van der Waals surface area contributed by atoms with Crippen LogP contribution in [0.2, 0.25) is 0 Å². The number of hydrogen-bond acceptors (Lipinski definition) is 15. The van der Waals surface area contributed by atoms with E-state index in [1.54, 1.807) is 0 Å². The normalized spacial score (nSPS) is 14.1. The molecule has 3 N–H and O–H groups in total. The number of rotatable bonds is 71. The third-order valence-corrected chi connectivity index (χ3v) is 18.4. The van der Waals surface area contributed by atoms with Gasteiger partial charge in [0.05, 0.1) is 26.4 Å². The number of carbonyl (C=O) groups is 4. The molecule has 0 saturated carbocycles. The fraction of sp³-hybridized carbons (Fsp3) is 0.944. The quantitative estimate of drug-likeness (QED) is 0.0222. The lowest BCUT2D eigenvalue weighted by Gasteiger charge is -2.21. The number of phosphoric acid groups is 2. The number of aliphatic hydroxyl groups excluding tert-OH is 1. The van der Waals surface area contributed by atoms with Crippen LogP contribution in [0.5, 0.6) is 0 Å². The van der Waals surface area contributed by atoms with Crippen molar-refractivity contribution >= 4 is 39.5 Å². The summed E-state index contributed by atoms with van der Waals surface area (Å²) in [4.78, 5) is 72.3. The van der Waals surface area contributed by atoms with Crippen LogP contribution in [0.1, 0.15) is 369 Å². The summed E-state index contributed by atoms with van der Waals surface area (Å²) in [5, 5.41) is 10.6. The van der Waals surface area contributed by atoms with Crippen molar-refractivity contribution in [2.75, 3.05) is 39.6 Å². The van der Waals surface area contributed by atoms with Crippen LogP contribution in [0.25, 0.3) is 0 Å². The zero-order valence-electron chi connectivity index (χ0n) is 58.3. The van der Waals surface area contributed by atoms with Gasteiger partial charge in [-0.15, -0.1) is 0 Å². The van der Waals surface area contributed by atoms with Gasteiger partial charge in [0.2, 0.25) is 0 Å². The van der Waals surface area contributed by atoms with Gasteiger partial charge in [-0.1, -0.05) is 317 Å². The minimum absolute atomic E-state index is 0.105. The number of carbonyl (C=O) groups excluding carboxylic acids is 4. The predicted molar refractivity (Wildman–Crippen MR) is 363 cm³/mol. The van der Waals surface area contributed by atoms with Crippen molar-refractivity contribution < 1.29 is 80.2 Å². The number of ether oxygens (including phenoxy) is 4. The van der Waals surface area contributed by atoms with Gasteiger partial charge in [-0.25, -0.2) is 9.13 Å². The molecule has 0 aliphatic carbocycles. The fourth-order valence-electron chi connectivity index (χ4n) is 10.8. The molecule has 0 aromatic carbocycles. The van der Waals surface area contributed by atoms with E-state index in [1.165, 1.54) is 180 Å². The molecule has 0 aromatic heterocycles. The Morgan fingerprint density at radius 1 is 0.300 bits per heavy atom. The van der Waals surface area contributed by atoms with E-state index in [0.29, 0.717) is 25.7 Å². The molecule has 0 bridgehead atoms. The molecule has 0 aromatic rings. The van der Waals surface area contributed by atoms with Crippen LogP contribution in [-0.2, 0) is 65.4 Å². The highest BCUT2D eigenvalue weighted by Gasteiger charge is 2.30. The largest absolute Gasteiger partial charge is 0.472 e. The van der Waals surface area contributed by atoms with E-state index >= 15 is 0 Å². The molecule has 90 heavy (non-hydrogen) atoms. The lowest BCUT2D eigenvalue weighted by Crippen LogP contribution is -2.30. The summed E-state index contributed by atoms with van der Waals surface area (Å²) in [6.45, 7) is 7.17. The Bertz CT molecular complexity index is 1740. The first-order valence-electron chi connectivity index (χ1n) is 37.1. The van der Waals surface area contributed by atoms with E-state index in [0.717, 1.165) is 109 Å². The predicted octanol–water partition coefficient (Wildman–Crippen LogP) is 20.5. The molecule has 5 atom stereocenters. The minimum Gasteiger partial charge on any atom is -0.462 e. The first kappa shape index (κ1) is 88.1. The maximum absolute atomic E-state index is 13.0. The Morgan fingerprint density at radius 3 is 0.756 bits per heavy atom. The second kappa shape index (κ2) is 64.4. The molecule has 19 heteroatoms. The molecule has 2 unspecified atom stereocenters. The maximum atomic E-state index is 13.0. The van der Waals surface area contributed by atoms with E-state index < -0.39 is 97.5 Å². The molecule has 0 aliphatic rings. The smallest absolute Gasteiger partial charge is 0.462 e. The molecule has 0 saturated heterocycles. The Labute approximate surface area is 549 Å². The zero-order valence-corrected chi connectivity index (χ0v) is 60.1. The summed E-state index contributed by atoms with van der Waals surface area (Å²) in [7, 11) is -9.89. The number of aliphatic hydroxyl groups is 1. The summed E-state index contributed by atoms with van der Waals surface area (Å²) >= 11 is 0. The Kier molecular flexibility index (Phi) is 63.0. The monoisotopic (exact) mass is 1320 g/mol. The van der Waals surface area contributed by atoms with Crippen LogP contribution in [0, 0.1) is 5.92 Å². The summed E-state index contributed by atoms with van der Waals surface area (Å²) in [6, 6.07) is 0. The lowest BCUT2D eigenvalue weighted by atomic mass is 10.0. The van der Waals surface area contributed by atoms with E-state index in [2.05, 4.69) is 34.6 Å². The molecule has 0 fully saturated rings. The van der Waals surface area contributed by atoms with E-state index in [1.807, 2.05) is 0 Å². The molecule has 0 rings (SSSR count). The highest BCUT2D eigenvalue weighted by molar-refractivity contribution is 7.47. The molecule has 534 valence electrons. The summed E-state index contributed by atoms with van der Waals surface area (Å²) in [5.41, 5.74) is 0. The minimum atomic E-state index is -4.95. The van der Waals surface area contributed by atoms with Gasteiger partial charge < -0.3 is 33.8 Å². The first-order valence-corrected chi connectivity index (χ1v) is 40.1. The van der Waals surface area contributed by atoms with Gasteiger partial charge in [-0.05, 0) is 31.6 Å². The first-order chi connectivity index (χ1) is 43.5. The SMILES string of the molecule is CCCCCCCCCCCCCCCCCCCCCCCCC(=O)O[C@H](COC(=O)CCCCCCCCCCCC(C)C)COP(=O)(O)OC[C@@H](O)COP(=O)(O)OC[C@@H](COC(=O)CCCCCCCCCC)OC(=O)CCCCCCCCCC. The number of phosphoric ester groups is 2. The van der Waals surface area contributed by atoms with Gasteiger partial charge in [-0.2, -0.15) is 0 Å². The molecule has 0 amide bonds. The second-order valence-corrected chi connectivity index (χ2v) is 29.0. The van der Waals surface area contributed by atoms with Gasteiger partial charge in [0.1, 0.15) is 19.3 Å². The second-order valence-electron chi connectivity index (χ2n) is 26.1. The third kappa shape index (κ3) is 64.8. The van der Waals surface area contributed by atoms with E-state index in [-0.39, 0.29) is 25.7 Å². The van der Waals surface area contributed by atoms with Crippen LogP contribution in [0.3, 0.4) is 0 Å². The Balaban J connectivity index is 5.11. The third-order valence-electron chi connectivity index (χ3n) is 16.5. The number of unbranched alkanes of at least 4 members (excludes halogenated alkanes) is 43. The van der Waals surface area contributed by atoms with E-state index in [9.17, 15) is 43.2 Å². The maximum Gasteiger partial charge on any atom is 0.472 e. The topological polar surface area (TPSA) is 237 Å². The van der Waals surface area contributed by atoms with Crippen molar-refractivity contribution in [2.45, 2.75) is 387 Å². The summed E-state index contributed by atoms with van der Waals surface area (Å²) < 4.78 is 68.1. The van der Waals surface area contributed by atoms with Crippen molar-refractivity contribution in [3.05, 3.63) is 0 Å². The summed E-state index contributed by atoms with van der Waals surface area (Å²) in [6.07, 6.45) is 51.7. The van der Waals surface area contributed by atoms with Gasteiger partial charge in [0.15, 0.2) is 12.2 Å². The van der Waals surface area contributed by atoms with Crippen molar-refractivity contribution in [1.82, 2.24) is 0 Å².